The topological polar surface area (TPSA) is 38.3 Å². The van der Waals surface area contributed by atoms with Gasteiger partial charge < -0.3 is 10.1 Å². The standard InChI is InChI=1S/C20H28BrNO2/c21-20(11-3-1-2-4-12-20)13-5-6-14-24-17-9-7-16-8-10-19(23)22-18(16)15-17/h7,9,15H,1-6,8,10-14H2,(H,22,23). The minimum Gasteiger partial charge on any atom is -0.494 e. The molecule has 1 N–H and O–H groups in total. The van der Waals surface area contributed by atoms with Crippen LogP contribution in [0.2, 0.25) is 0 Å². The molecule has 4 heteroatoms. The third-order valence-electron chi connectivity index (χ3n) is 5.26. The Labute approximate surface area is 153 Å². The van der Waals surface area contributed by atoms with Crippen molar-refractivity contribution >= 4 is 27.5 Å². The number of unbranched alkanes of at least 4 members (excludes halogenated alkanes) is 1. The largest absolute Gasteiger partial charge is 0.494 e. The summed E-state index contributed by atoms with van der Waals surface area (Å²) in [5.41, 5.74) is 2.12. The van der Waals surface area contributed by atoms with Crippen molar-refractivity contribution in [2.75, 3.05) is 11.9 Å². The van der Waals surface area contributed by atoms with Crippen molar-refractivity contribution in [3.8, 4) is 5.75 Å². The molecule has 0 spiro atoms. The first kappa shape index (κ1) is 17.8. The number of hydrogen-bond donors (Lipinski definition) is 1. The summed E-state index contributed by atoms with van der Waals surface area (Å²) in [5.74, 6) is 0.963. The molecule has 0 unspecified atom stereocenters. The van der Waals surface area contributed by atoms with Crippen LogP contribution in [-0.4, -0.2) is 16.8 Å². The zero-order valence-corrected chi connectivity index (χ0v) is 16.0. The van der Waals surface area contributed by atoms with E-state index in [2.05, 4.69) is 27.3 Å². The molecule has 1 aliphatic heterocycles. The fourth-order valence-electron chi connectivity index (χ4n) is 3.79. The van der Waals surface area contributed by atoms with Gasteiger partial charge in [0.05, 0.1) is 6.61 Å². The van der Waals surface area contributed by atoms with Crippen molar-refractivity contribution in [1.29, 1.82) is 0 Å². The van der Waals surface area contributed by atoms with Crippen molar-refractivity contribution in [2.24, 2.45) is 0 Å². The number of halogens is 1. The van der Waals surface area contributed by atoms with Gasteiger partial charge in [-0.3, -0.25) is 4.79 Å². The lowest BCUT2D eigenvalue weighted by Crippen LogP contribution is -2.19. The molecule has 1 aromatic rings. The van der Waals surface area contributed by atoms with Crippen LogP contribution in [0.15, 0.2) is 18.2 Å². The van der Waals surface area contributed by atoms with Gasteiger partial charge in [0.15, 0.2) is 0 Å². The summed E-state index contributed by atoms with van der Waals surface area (Å²) in [6.07, 6.45) is 13.1. The summed E-state index contributed by atoms with van der Waals surface area (Å²) in [6.45, 7) is 0.746. The predicted molar refractivity (Wildman–Crippen MR) is 102 cm³/mol. The van der Waals surface area contributed by atoms with Crippen molar-refractivity contribution < 1.29 is 9.53 Å². The summed E-state index contributed by atoms with van der Waals surface area (Å²) in [7, 11) is 0. The molecule has 3 nitrogen and oxygen atoms in total. The monoisotopic (exact) mass is 393 g/mol. The smallest absolute Gasteiger partial charge is 0.224 e. The van der Waals surface area contributed by atoms with Gasteiger partial charge in [-0.15, -0.1) is 0 Å². The molecule has 0 bridgehead atoms. The van der Waals surface area contributed by atoms with E-state index in [0.29, 0.717) is 10.7 Å². The van der Waals surface area contributed by atoms with E-state index in [4.69, 9.17) is 4.74 Å². The minimum atomic E-state index is 0.102. The van der Waals surface area contributed by atoms with Crippen molar-refractivity contribution in [3.63, 3.8) is 0 Å². The van der Waals surface area contributed by atoms with Gasteiger partial charge in [0.2, 0.25) is 5.91 Å². The molecule has 2 aliphatic rings. The van der Waals surface area contributed by atoms with E-state index in [0.717, 1.165) is 30.9 Å². The van der Waals surface area contributed by atoms with E-state index in [-0.39, 0.29) is 5.91 Å². The van der Waals surface area contributed by atoms with Crippen LogP contribution in [-0.2, 0) is 11.2 Å². The second-order valence-corrected chi connectivity index (χ2v) is 8.92. The molecule has 0 radical (unpaired) electrons. The number of aryl methyl sites for hydroxylation is 1. The molecule has 24 heavy (non-hydrogen) atoms. The third kappa shape index (κ3) is 4.98. The van der Waals surface area contributed by atoms with Gasteiger partial charge in [-0.1, -0.05) is 47.7 Å². The van der Waals surface area contributed by atoms with E-state index in [9.17, 15) is 4.79 Å². The average molecular weight is 394 g/mol. The number of carbonyl (C=O) groups excluding carboxylic acids is 1. The number of nitrogens with one attached hydrogen (secondary N) is 1. The molecule has 1 aliphatic carbocycles. The van der Waals surface area contributed by atoms with Crippen LogP contribution in [0.25, 0.3) is 0 Å². The van der Waals surface area contributed by atoms with Crippen LogP contribution in [0.5, 0.6) is 5.75 Å². The van der Waals surface area contributed by atoms with Crippen molar-refractivity contribution in [1.82, 2.24) is 0 Å². The SMILES string of the molecule is O=C1CCc2ccc(OCCCCC3(Br)CCCCCC3)cc2N1. The lowest BCUT2D eigenvalue weighted by molar-refractivity contribution is -0.116. The summed E-state index contributed by atoms with van der Waals surface area (Å²) in [5, 5.41) is 2.93. The number of carbonyl (C=O) groups is 1. The fraction of sp³-hybridized carbons (Fsp3) is 0.650. The Hall–Kier alpha value is -1.03. The van der Waals surface area contributed by atoms with Gasteiger partial charge in [0.1, 0.15) is 5.75 Å². The molecule has 0 saturated heterocycles. The number of fused-ring (bicyclic) bond motifs is 1. The Balaban J connectivity index is 1.40. The quantitative estimate of drug-likeness (QED) is 0.387. The van der Waals surface area contributed by atoms with Gasteiger partial charge in [0.25, 0.3) is 0 Å². The zero-order chi connectivity index (χ0) is 16.8. The van der Waals surface area contributed by atoms with E-state index in [1.807, 2.05) is 12.1 Å². The van der Waals surface area contributed by atoms with Gasteiger partial charge in [0, 0.05) is 22.5 Å². The summed E-state index contributed by atoms with van der Waals surface area (Å²) >= 11 is 4.01. The molecular weight excluding hydrogens is 366 g/mol. The van der Waals surface area contributed by atoms with Crippen LogP contribution >= 0.6 is 15.9 Å². The summed E-state index contributed by atoms with van der Waals surface area (Å²) in [6, 6.07) is 6.06. The maximum atomic E-state index is 11.5. The molecule has 1 saturated carbocycles. The average Bonchev–Trinajstić information content (AvgIpc) is 2.79. The number of benzene rings is 1. The second kappa shape index (κ2) is 8.37. The summed E-state index contributed by atoms with van der Waals surface area (Å²) < 4.78 is 6.26. The van der Waals surface area contributed by atoms with Gasteiger partial charge >= 0.3 is 0 Å². The number of alkyl halides is 1. The Morgan fingerprint density at radius 3 is 2.67 bits per heavy atom. The van der Waals surface area contributed by atoms with Gasteiger partial charge in [-0.2, -0.15) is 0 Å². The van der Waals surface area contributed by atoms with Crippen LogP contribution in [0.4, 0.5) is 5.69 Å². The highest BCUT2D eigenvalue weighted by Gasteiger charge is 2.26. The van der Waals surface area contributed by atoms with Gasteiger partial charge in [-0.25, -0.2) is 0 Å². The molecular formula is C20H28BrNO2. The number of amides is 1. The van der Waals surface area contributed by atoms with E-state index >= 15 is 0 Å². The Morgan fingerprint density at radius 1 is 1.08 bits per heavy atom. The first-order valence-electron chi connectivity index (χ1n) is 9.39. The summed E-state index contributed by atoms with van der Waals surface area (Å²) in [4.78, 5) is 11.5. The van der Waals surface area contributed by atoms with Crippen molar-refractivity contribution in [3.05, 3.63) is 23.8 Å². The van der Waals surface area contributed by atoms with E-state index in [1.54, 1.807) is 0 Å². The Bertz CT molecular complexity index is 565. The van der Waals surface area contributed by atoms with Crippen molar-refractivity contribution in [2.45, 2.75) is 75.0 Å². The highest BCUT2D eigenvalue weighted by Crippen LogP contribution is 2.38. The number of rotatable bonds is 6. The Kier molecular flexibility index (Phi) is 6.20. The van der Waals surface area contributed by atoms with Crippen LogP contribution in [0.3, 0.4) is 0 Å². The highest BCUT2D eigenvalue weighted by molar-refractivity contribution is 9.10. The first-order chi connectivity index (χ1) is 11.6. The lowest BCUT2D eigenvalue weighted by atomic mass is 9.94. The maximum absolute atomic E-state index is 11.5. The molecule has 3 rings (SSSR count). The lowest BCUT2D eigenvalue weighted by Gasteiger charge is -2.25. The van der Waals surface area contributed by atoms with Crippen LogP contribution < -0.4 is 10.1 Å². The number of anilines is 1. The maximum Gasteiger partial charge on any atom is 0.224 e. The number of hydrogen-bond acceptors (Lipinski definition) is 2. The second-order valence-electron chi connectivity index (χ2n) is 7.24. The third-order valence-corrected chi connectivity index (χ3v) is 6.45. The zero-order valence-electron chi connectivity index (χ0n) is 14.4. The molecule has 0 aromatic heterocycles. The highest BCUT2D eigenvalue weighted by atomic mass is 79.9. The van der Waals surface area contributed by atoms with Crippen LogP contribution in [0, 0.1) is 0 Å². The van der Waals surface area contributed by atoms with Crippen LogP contribution in [0.1, 0.15) is 69.8 Å². The van der Waals surface area contributed by atoms with E-state index in [1.165, 1.54) is 56.9 Å². The molecule has 132 valence electrons. The molecule has 1 fully saturated rings. The normalized spacial score (nSPS) is 20.0. The van der Waals surface area contributed by atoms with Gasteiger partial charge in [-0.05, 0) is 50.2 Å². The van der Waals surface area contributed by atoms with E-state index < -0.39 is 0 Å². The first-order valence-corrected chi connectivity index (χ1v) is 10.2. The molecule has 1 aromatic carbocycles. The number of ether oxygens (including phenoxy) is 1. The Morgan fingerprint density at radius 2 is 1.88 bits per heavy atom. The predicted octanol–water partition coefficient (Wildman–Crippen LogP) is 5.61. The molecule has 1 amide bonds. The molecule has 0 atom stereocenters. The fourth-order valence-corrected chi connectivity index (χ4v) is 4.63. The molecule has 1 heterocycles. The minimum absolute atomic E-state index is 0.102.